The summed E-state index contributed by atoms with van der Waals surface area (Å²) in [6.07, 6.45) is 3.12. The number of nitrogens with zero attached hydrogens (tertiary/aromatic N) is 1. The molecule has 0 bridgehead atoms. The Morgan fingerprint density at radius 2 is 1.85 bits per heavy atom. The van der Waals surface area contributed by atoms with Crippen molar-refractivity contribution in [2.24, 2.45) is 17.8 Å². The van der Waals surface area contributed by atoms with E-state index in [0.29, 0.717) is 12.0 Å². The summed E-state index contributed by atoms with van der Waals surface area (Å²) in [6.45, 7) is 8.97. The molecule has 116 valence electrons. The lowest BCUT2D eigenvalue weighted by Crippen LogP contribution is -2.45. The number of hydrogen-bond acceptors (Lipinski definition) is 2. The smallest absolute Gasteiger partial charge is 0.317 e. The minimum atomic E-state index is -0.847. The molecular formula is C15H28N2O3. The van der Waals surface area contributed by atoms with Crippen molar-refractivity contribution in [3.63, 3.8) is 0 Å². The Morgan fingerprint density at radius 1 is 1.25 bits per heavy atom. The third kappa shape index (κ3) is 5.39. The van der Waals surface area contributed by atoms with Crippen molar-refractivity contribution in [3.05, 3.63) is 0 Å². The number of carboxylic acids is 1. The Labute approximate surface area is 121 Å². The highest BCUT2D eigenvalue weighted by atomic mass is 16.4. The molecule has 0 aromatic rings. The second-order valence-electron chi connectivity index (χ2n) is 6.48. The van der Waals surface area contributed by atoms with Crippen LogP contribution >= 0.6 is 0 Å². The molecule has 20 heavy (non-hydrogen) atoms. The van der Waals surface area contributed by atoms with Gasteiger partial charge in [0, 0.05) is 19.1 Å². The molecule has 0 aromatic carbocycles. The Balaban J connectivity index is 2.47. The topological polar surface area (TPSA) is 69.6 Å². The Hall–Kier alpha value is -1.26. The highest BCUT2D eigenvalue weighted by molar-refractivity contribution is 5.76. The van der Waals surface area contributed by atoms with Gasteiger partial charge in [-0.1, -0.05) is 27.7 Å². The Bertz CT molecular complexity index is 338. The van der Waals surface area contributed by atoms with Gasteiger partial charge in [-0.25, -0.2) is 4.79 Å². The molecule has 1 fully saturated rings. The van der Waals surface area contributed by atoms with Gasteiger partial charge in [-0.15, -0.1) is 0 Å². The average molecular weight is 284 g/mol. The summed E-state index contributed by atoms with van der Waals surface area (Å²) in [6, 6.07) is 0.246. The van der Waals surface area contributed by atoms with Gasteiger partial charge in [0.2, 0.25) is 0 Å². The molecule has 2 N–H and O–H groups in total. The van der Waals surface area contributed by atoms with E-state index < -0.39 is 11.9 Å². The van der Waals surface area contributed by atoms with Crippen LogP contribution in [0.3, 0.4) is 0 Å². The number of aliphatic carboxylic acids is 1. The molecule has 2 amide bonds. The number of carbonyl (C=O) groups is 2. The van der Waals surface area contributed by atoms with E-state index in [0.717, 1.165) is 25.8 Å². The number of rotatable bonds is 8. The van der Waals surface area contributed by atoms with Crippen molar-refractivity contribution < 1.29 is 14.7 Å². The fourth-order valence-electron chi connectivity index (χ4n) is 2.14. The van der Waals surface area contributed by atoms with Crippen LogP contribution in [0.15, 0.2) is 0 Å². The second kappa shape index (κ2) is 7.50. The van der Waals surface area contributed by atoms with Gasteiger partial charge in [0.1, 0.15) is 0 Å². The predicted molar refractivity (Wildman–Crippen MR) is 78.5 cm³/mol. The first-order valence-electron chi connectivity index (χ1n) is 7.60. The van der Waals surface area contributed by atoms with Gasteiger partial charge in [0.25, 0.3) is 0 Å². The summed E-state index contributed by atoms with van der Waals surface area (Å²) in [5.41, 5.74) is 0. The van der Waals surface area contributed by atoms with Crippen LogP contribution in [0.1, 0.15) is 47.0 Å². The second-order valence-corrected chi connectivity index (χ2v) is 6.48. The van der Waals surface area contributed by atoms with Gasteiger partial charge in [0.15, 0.2) is 0 Å². The lowest BCUT2D eigenvalue weighted by Gasteiger charge is -2.25. The summed E-state index contributed by atoms with van der Waals surface area (Å²) in [4.78, 5) is 25.2. The maximum atomic E-state index is 12.2. The third-order valence-electron chi connectivity index (χ3n) is 3.79. The van der Waals surface area contributed by atoms with Crippen molar-refractivity contribution in [2.45, 2.75) is 53.0 Å². The number of amides is 2. The van der Waals surface area contributed by atoms with Crippen LogP contribution in [-0.4, -0.2) is 41.1 Å². The van der Waals surface area contributed by atoms with Crippen molar-refractivity contribution in [1.82, 2.24) is 10.2 Å². The highest BCUT2D eigenvalue weighted by Gasteiger charge is 2.33. The molecule has 1 saturated carbocycles. The number of urea groups is 1. The minimum Gasteiger partial charge on any atom is -0.481 e. The molecule has 0 aliphatic heterocycles. The van der Waals surface area contributed by atoms with E-state index in [1.807, 2.05) is 18.7 Å². The molecule has 0 spiro atoms. The molecular weight excluding hydrogens is 256 g/mol. The largest absolute Gasteiger partial charge is 0.481 e. The normalized spacial score (nSPS) is 16.3. The molecule has 5 heteroatoms. The molecule has 1 aliphatic rings. The standard InChI is InChI=1S/C15H28N2O3/c1-10(2)7-8-17(12-5-6-12)15(20)16-9-13(11(3)4)14(18)19/h10-13H,5-9H2,1-4H3,(H,16,20)(H,18,19). The molecule has 0 saturated heterocycles. The molecule has 1 rings (SSSR count). The first-order valence-corrected chi connectivity index (χ1v) is 7.60. The molecule has 0 radical (unpaired) electrons. The lowest BCUT2D eigenvalue weighted by atomic mass is 9.96. The number of carboxylic acid groups (broad SMARTS) is 1. The molecule has 0 heterocycles. The van der Waals surface area contributed by atoms with Crippen LogP contribution in [0.5, 0.6) is 0 Å². The van der Waals surface area contributed by atoms with Crippen molar-refractivity contribution >= 4 is 12.0 Å². The van der Waals surface area contributed by atoms with E-state index in [-0.39, 0.29) is 18.5 Å². The van der Waals surface area contributed by atoms with Crippen LogP contribution in [0, 0.1) is 17.8 Å². The van der Waals surface area contributed by atoms with Crippen LogP contribution < -0.4 is 5.32 Å². The number of nitrogens with one attached hydrogen (secondary N) is 1. The van der Waals surface area contributed by atoms with Crippen molar-refractivity contribution in [2.75, 3.05) is 13.1 Å². The van der Waals surface area contributed by atoms with Crippen LogP contribution in [0.2, 0.25) is 0 Å². The van der Waals surface area contributed by atoms with E-state index in [4.69, 9.17) is 5.11 Å². The quantitative estimate of drug-likeness (QED) is 0.719. The number of hydrogen-bond donors (Lipinski definition) is 2. The SMILES string of the molecule is CC(C)CCN(C(=O)NCC(C(=O)O)C(C)C)C1CC1. The zero-order valence-electron chi connectivity index (χ0n) is 13.1. The summed E-state index contributed by atoms with van der Waals surface area (Å²) in [5, 5.41) is 11.9. The summed E-state index contributed by atoms with van der Waals surface area (Å²) in [7, 11) is 0. The zero-order valence-corrected chi connectivity index (χ0v) is 13.1. The third-order valence-corrected chi connectivity index (χ3v) is 3.79. The van der Waals surface area contributed by atoms with E-state index in [2.05, 4.69) is 19.2 Å². The fourth-order valence-corrected chi connectivity index (χ4v) is 2.14. The van der Waals surface area contributed by atoms with Crippen molar-refractivity contribution in [3.8, 4) is 0 Å². The maximum absolute atomic E-state index is 12.2. The lowest BCUT2D eigenvalue weighted by molar-refractivity contribution is -0.142. The van der Waals surface area contributed by atoms with E-state index in [1.54, 1.807) is 0 Å². The van der Waals surface area contributed by atoms with E-state index in [9.17, 15) is 9.59 Å². The van der Waals surface area contributed by atoms with Crippen LogP contribution in [-0.2, 0) is 4.79 Å². The average Bonchev–Trinajstić information content (AvgIpc) is 3.12. The Morgan fingerprint density at radius 3 is 2.25 bits per heavy atom. The fraction of sp³-hybridized carbons (Fsp3) is 0.867. The first-order chi connectivity index (χ1) is 9.32. The summed E-state index contributed by atoms with van der Waals surface area (Å²) < 4.78 is 0. The van der Waals surface area contributed by atoms with Gasteiger partial charge < -0.3 is 15.3 Å². The predicted octanol–water partition coefficient (Wildman–Crippen LogP) is 2.56. The number of carbonyl (C=O) groups excluding carboxylic acids is 1. The van der Waals surface area contributed by atoms with E-state index in [1.165, 1.54) is 0 Å². The first kappa shape index (κ1) is 16.8. The van der Waals surface area contributed by atoms with Crippen LogP contribution in [0.25, 0.3) is 0 Å². The van der Waals surface area contributed by atoms with E-state index >= 15 is 0 Å². The molecule has 1 aliphatic carbocycles. The van der Waals surface area contributed by atoms with Gasteiger partial charge in [-0.05, 0) is 31.1 Å². The molecule has 1 atom stereocenters. The van der Waals surface area contributed by atoms with Gasteiger partial charge in [-0.3, -0.25) is 4.79 Å². The monoisotopic (exact) mass is 284 g/mol. The summed E-state index contributed by atoms with van der Waals surface area (Å²) >= 11 is 0. The van der Waals surface area contributed by atoms with Gasteiger partial charge >= 0.3 is 12.0 Å². The zero-order chi connectivity index (χ0) is 15.3. The highest BCUT2D eigenvalue weighted by Crippen LogP contribution is 2.27. The van der Waals surface area contributed by atoms with Crippen LogP contribution in [0.4, 0.5) is 4.79 Å². The molecule has 0 aromatic heterocycles. The molecule has 5 nitrogen and oxygen atoms in total. The van der Waals surface area contributed by atoms with Gasteiger partial charge in [0.05, 0.1) is 5.92 Å². The van der Waals surface area contributed by atoms with Crippen molar-refractivity contribution in [1.29, 1.82) is 0 Å². The molecule has 1 unspecified atom stereocenters. The minimum absolute atomic E-state index is 0.0119. The Kier molecular flexibility index (Phi) is 6.30. The summed E-state index contributed by atoms with van der Waals surface area (Å²) in [5.74, 6) is -0.796. The van der Waals surface area contributed by atoms with Gasteiger partial charge in [-0.2, -0.15) is 0 Å². The maximum Gasteiger partial charge on any atom is 0.317 e.